The molecule has 0 heterocycles. The zero-order chi connectivity index (χ0) is 17.3. The Bertz CT molecular complexity index is 709. The molecule has 0 radical (unpaired) electrons. The molecule has 1 N–H and O–H groups in total. The monoisotopic (exact) mass is 348 g/mol. The molecule has 0 saturated heterocycles. The molecule has 24 heavy (non-hydrogen) atoms. The first-order valence-electron chi connectivity index (χ1n) is 9.06. The Morgan fingerprint density at radius 1 is 1.25 bits per heavy atom. The first kappa shape index (κ1) is 17.5. The third-order valence-corrected chi connectivity index (χ3v) is 7.21. The fourth-order valence-corrected chi connectivity index (χ4v) is 5.10. The average molecular weight is 349 g/mol. The van der Waals surface area contributed by atoms with Crippen LogP contribution in [0.2, 0.25) is 0 Å². The molecule has 0 aromatic heterocycles. The summed E-state index contributed by atoms with van der Waals surface area (Å²) in [7, 11) is -3.58. The van der Waals surface area contributed by atoms with Crippen molar-refractivity contribution < 1.29 is 8.42 Å². The van der Waals surface area contributed by atoms with Crippen molar-refractivity contribution in [3.8, 4) is 0 Å². The third-order valence-electron chi connectivity index (χ3n) is 5.99. The van der Waals surface area contributed by atoms with E-state index in [-0.39, 0.29) is 4.90 Å². The molecule has 1 aromatic carbocycles. The van der Waals surface area contributed by atoms with Crippen LogP contribution in [0.15, 0.2) is 34.3 Å². The maximum atomic E-state index is 12.4. The summed E-state index contributed by atoms with van der Waals surface area (Å²) in [4.78, 5) is 2.71. The fourth-order valence-electron chi connectivity index (χ4n) is 4.24. The van der Waals surface area contributed by atoms with E-state index in [2.05, 4.69) is 23.8 Å². The summed E-state index contributed by atoms with van der Waals surface area (Å²) in [5, 5.41) is 4.23. The van der Waals surface area contributed by atoms with Crippen LogP contribution in [0.1, 0.15) is 64.4 Å². The summed E-state index contributed by atoms with van der Waals surface area (Å²) >= 11 is 0. The van der Waals surface area contributed by atoms with Crippen LogP contribution in [-0.4, -0.2) is 14.1 Å². The molecule has 0 unspecified atom stereocenters. The molecule has 2 bridgehead atoms. The molecule has 132 valence electrons. The van der Waals surface area contributed by atoms with E-state index < -0.39 is 10.0 Å². The van der Waals surface area contributed by atoms with Gasteiger partial charge in [-0.2, -0.15) is 13.5 Å². The zero-order valence-corrected chi connectivity index (χ0v) is 15.6. The van der Waals surface area contributed by atoms with Crippen LogP contribution >= 0.6 is 0 Å². The van der Waals surface area contributed by atoms with Gasteiger partial charge in [-0.15, -0.1) is 0 Å². The molecule has 5 heteroatoms. The van der Waals surface area contributed by atoms with E-state index in [1.165, 1.54) is 25.7 Å². The number of hydrazone groups is 1. The highest BCUT2D eigenvalue weighted by Crippen LogP contribution is 2.48. The van der Waals surface area contributed by atoms with Crippen molar-refractivity contribution >= 4 is 15.7 Å². The molecule has 2 fully saturated rings. The highest BCUT2D eigenvalue weighted by atomic mass is 32.2. The number of fused-ring (bicyclic) bond motifs is 2. The van der Waals surface area contributed by atoms with Gasteiger partial charge in [-0.3, -0.25) is 0 Å². The van der Waals surface area contributed by atoms with Crippen molar-refractivity contribution in [1.82, 2.24) is 4.83 Å². The van der Waals surface area contributed by atoms with Gasteiger partial charge in [0.05, 0.1) is 4.90 Å². The Kier molecular flexibility index (Phi) is 5.00. The van der Waals surface area contributed by atoms with Crippen molar-refractivity contribution in [2.75, 3.05) is 0 Å². The van der Waals surface area contributed by atoms with Crippen molar-refractivity contribution in [3.63, 3.8) is 0 Å². The third kappa shape index (κ3) is 3.51. The Balaban J connectivity index is 1.68. The zero-order valence-electron chi connectivity index (χ0n) is 14.8. The summed E-state index contributed by atoms with van der Waals surface area (Å²) in [6.07, 6.45) is 6.11. The molecule has 2 aliphatic carbocycles. The Morgan fingerprint density at radius 3 is 2.50 bits per heavy atom. The topological polar surface area (TPSA) is 58.5 Å². The van der Waals surface area contributed by atoms with Crippen molar-refractivity contribution in [2.24, 2.45) is 22.9 Å². The van der Waals surface area contributed by atoms with E-state index in [4.69, 9.17) is 0 Å². The van der Waals surface area contributed by atoms with Crippen molar-refractivity contribution in [1.29, 1.82) is 0 Å². The van der Waals surface area contributed by atoms with Crippen molar-refractivity contribution in [2.45, 2.75) is 63.7 Å². The van der Waals surface area contributed by atoms with E-state index >= 15 is 0 Å². The van der Waals surface area contributed by atoms with E-state index in [0.29, 0.717) is 17.8 Å². The highest BCUT2D eigenvalue weighted by molar-refractivity contribution is 7.89. The molecule has 1 aromatic rings. The molecule has 0 spiro atoms. The maximum Gasteiger partial charge on any atom is 0.276 e. The number of nitrogens with one attached hydrogen (secondary N) is 1. The molecule has 2 aliphatic rings. The SMILES string of the molecule is CC[C@@H](C)c1ccc(S(=O)(=O)N/N=C(/C)[C@H]2C[C@@H]3CC[C@@H]2C3)cc1. The van der Waals surface area contributed by atoms with Crippen LogP contribution in [0.3, 0.4) is 0 Å². The molecular weight excluding hydrogens is 320 g/mol. The predicted octanol–water partition coefficient (Wildman–Crippen LogP) is 4.29. The Labute approximate surface area is 145 Å². The van der Waals surface area contributed by atoms with Gasteiger partial charge in [0.2, 0.25) is 0 Å². The largest absolute Gasteiger partial charge is 0.276 e. The van der Waals surface area contributed by atoms with Gasteiger partial charge in [-0.05, 0) is 68.1 Å². The van der Waals surface area contributed by atoms with Gasteiger partial charge in [0.25, 0.3) is 10.0 Å². The number of sulfonamides is 1. The molecule has 2 saturated carbocycles. The normalized spacial score (nSPS) is 28.1. The summed E-state index contributed by atoms with van der Waals surface area (Å²) in [5.74, 6) is 2.43. The van der Waals surface area contributed by atoms with Crippen LogP contribution in [0.5, 0.6) is 0 Å². The lowest BCUT2D eigenvalue weighted by molar-refractivity contribution is 0.413. The van der Waals surface area contributed by atoms with Gasteiger partial charge in [0.15, 0.2) is 0 Å². The second kappa shape index (κ2) is 6.87. The van der Waals surface area contributed by atoms with Crippen LogP contribution in [-0.2, 0) is 10.0 Å². The van der Waals surface area contributed by atoms with Crippen LogP contribution in [0, 0.1) is 17.8 Å². The lowest BCUT2D eigenvalue weighted by atomic mass is 9.86. The fraction of sp³-hybridized carbons (Fsp3) is 0.632. The smallest absolute Gasteiger partial charge is 0.200 e. The van der Waals surface area contributed by atoms with E-state index in [1.54, 1.807) is 12.1 Å². The van der Waals surface area contributed by atoms with E-state index in [0.717, 1.165) is 23.6 Å². The van der Waals surface area contributed by atoms with E-state index in [9.17, 15) is 8.42 Å². The van der Waals surface area contributed by atoms with E-state index in [1.807, 2.05) is 19.1 Å². The average Bonchev–Trinajstić information content (AvgIpc) is 3.22. The summed E-state index contributed by atoms with van der Waals surface area (Å²) < 4.78 is 24.9. The van der Waals surface area contributed by atoms with Crippen molar-refractivity contribution in [3.05, 3.63) is 29.8 Å². The molecule has 0 aliphatic heterocycles. The highest BCUT2D eigenvalue weighted by Gasteiger charge is 2.40. The van der Waals surface area contributed by atoms with Gasteiger partial charge in [0, 0.05) is 11.6 Å². The molecule has 4 atom stereocenters. The summed E-state index contributed by atoms with van der Waals surface area (Å²) in [6, 6.07) is 7.14. The number of benzene rings is 1. The maximum absolute atomic E-state index is 12.4. The first-order valence-corrected chi connectivity index (χ1v) is 10.5. The van der Waals surface area contributed by atoms with Gasteiger partial charge < -0.3 is 0 Å². The molecule has 3 rings (SSSR count). The summed E-state index contributed by atoms with van der Waals surface area (Å²) in [5.41, 5.74) is 2.10. The number of hydrogen-bond acceptors (Lipinski definition) is 3. The lowest BCUT2D eigenvalue weighted by Gasteiger charge is -2.21. The number of nitrogens with zero attached hydrogens (tertiary/aromatic N) is 1. The summed E-state index contributed by atoms with van der Waals surface area (Å²) in [6.45, 7) is 6.23. The van der Waals surface area contributed by atoms with Crippen LogP contribution in [0.25, 0.3) is 0 Å². The second-order valence-corrected chi connectivity index (χ2v) is 9.17. The first-order chi connectivity index (χ1) is 11.4. The molecule has 4 nitrogen and oxygen atoms in total. The Hall–Kier alpha value is -1.36. The standard InChI is InChI=1S/C19H28N2O2S/c1-4-13(2)16-7-9-18(10-8-16)24(22,23)21-20-14(3)19-12-15-5-6-17(19)11-15/h7-10,13,15,17,19,21H,4-6,11-12H2,1-3H3/b20-14-/t13-,15-,17-,19-/m1/s1. The predicted molar refractivity (Wildman–Crippen MR) is 97.5 cm³/mol. The second-order valence-electron chi connectivity index (χ2n) is 7.51. The number of hydrogen-bond donors (Lipinski definition) is 1. The minimum absolute atomic E-state index is 0.277. The minimum Gasteiger partial charge on any atom is -0.200 e. The lowest BCUT2D eigenvalue weighted by Crippen LogP contribution is -2.24. The molecule has 0 amide bonds. The van der Waals surface area contributed by atoms with Gasteiger partial charge >= 0.3 is 0 Å². The van der Waals surface area contributed by atoms with Gasteiger partial charge in [-0.1, -0.05) is 32.4 Å². The quantitative estimate of drug-likeness (QED) is 0.616. The Morgan fingerprint density at radius 2 is 1.96 bits per heavy atom. The number of rotatable bonds is 6. The molecular formula is C19H28N2O2S. The minimum atomic E-state index is -3.58. The van der Waals surface area contributed by atoms with Crippen LogP contribution < -0.4 is 4.83 Å². The van der Waals surface area contributed by atoms with Gasteiger partial charge in [0.1, 0.15) is 0 Å². The van der Waals surface area contributed by atoms with Gasteiger partial charge in [-0.25, -0.2) is 4.83 Å². The van der Waals surface area contributed by atoms with Crippen LogP contribution in [0.4, 0.5) is 0 Å².